The number of urea groups is 1. The van der Waals surface area contributed by atoms with Gasteiger partial charge in [0.1, 0.15) is 11.3 Å². The fraction of sp³-hybridized carbons (Fsp3) is 0.556. The van der Waals surface area contributed by atoms with E-state index in [0.29, 0.717) is 11.3 Å². The average molecular weight is 395 g/mol. The summed E-state index contributed by atoms with van der Waals surface area (Å²) in [5.41, 5.74) is 0.415. The zero-order chi connectivity index (χ0) is 20.1. The van der Waals surface area contributed by atoms with Gasteiger partial charge < -0.3 is 9.64 Å². The van der Waals surface area contributed by atoms with Crippen LogP contribution in [0.2, 0.25) is 0 Å². The molecule has 0 atom stereocenters. The van der Waals surface area contributed by atoms with Gasteiger partial charge in [0, 0.05) is 27.2 Å². The van der Waals surface area contributed by atoms with E-state index in [-0.39, 0.29) is 42.8 Å². The smallest absolute Gasteiger partial charge is 0.327 e. The second kappa shape index (κ2) is 6.49. The molecule has 0 aromatic heterocycles. The quantitative estimate of drug-likeness (QED) is 0.721. The van der Waals surface area contributed by atoms with Gasteiger partial charge in [-0.05, 0) is 49.9 Å². The molecule has 2 heterocycles. The third kappa shape index (κ3) is 2.80. The van der Waals surface area contributed by atoms with Gasteiger partial charge in [-0.15, -0.1) is 0 Å². The van der Waals surface area contributed by atoms with Crippen LogP contribution in [0.1, 0.15) is 24.0 Å². The van der Waals surface area contributed by atoms with Crippen LogP contribution >= 0.6 is 0 Å². The molecule has 3 amide bonds. The van der Waals surface area contributed by atoms with Crippen molar-refractivity contribution in [1.29, 1.82) is 0 Å². The number of aryl methyl sites for hydroxylation is 2. The summed E-state index contributed by atoms with van der Waals surface area (Å²) < 4.78 is 33.0. The highest BCUT2D eigenvalue weighted by molar-refractivity contribution is 7.89. The Labute approximate surface area is 159 Å². The molecule has 0 bridgehead atoms. The van der Waals surface area contributed by atoms with Crippen LogP contribution < -0.4 is 4.74 Å². The molecule has 2 fully saturated rings. The molecule has 3 rings (SSSR count). The van der Waals surface area contributed by atoms with Gasteiger partial charge in [-0.2, -0.15) is 4.31 Å². The van der Waals surface area contributed by atoms with Gasteiger partial charge in [0.25, 0.3) is 5.91 Å². The number of carbonyl (C=O) groups is 2. The van der Waals surface area contributed by atoms with Crippen molar-refractivity contribution >= 4 is 22.0 Å². The van der Waals surface area contributed by atoms with E-state index in [1.54, 1.807) is 40.1 Å². The Morgan fingerprint density at radius 1 is 1.04 bits per heavy atom. The first-order chi connectivity index (χ1) is 12.6. The summed E-state index contributed by atoms with van der Waals surface area (Å²) in [7, 11) is 0.913. The number of ether oxygens (including phenoxy) is 1. The summed E-state index contributed by atoms with van der Waals surface area (Å²) in [4.78, 5) is 27.5. The van der Waals surface area contributed by atoms with E-state index in [9.17, 15) is 18.0 Å². The molecule has 2 aliphatic heterocycles. The maximum Gasteiger partial charge on any atom is 0.327 e. The number of imide groups is 1. The fourth-order valence-corrected chi connectivity index (χ4v) is 5.73. The Balaban J connectivity index is 1.87. The van der Waals surface area contributed by atoms with Crippen LogP contribution in [-0.4, -0.2) is 74.3 Å². The molecule has 1 aromatic rings. The summed E-state index contributed by atoms with van der Waals surface area (Å²) >= 11 is 0. The standard InChI is InChI=1S/C18H25N3O5S/c1-12-11-15(13(2)10-14(12)26-5)27(24,25)21-8-6-18(7-9-21)16(22)19(3)17(23)20(18)4/h10-11H,6-9H2,1-5H3. The number of hydrogen-bond acceptors (Lipinski definition) is 5. The van der Waals surface area contributed by atoms with Crippen LogP contribution in [-0.2, 0) is 14.8 Å². The van der Waals surface area contributed by atoms with Gasteiger partial charge in [-0.3, -0.25) is 9.69 Å². The fourth-order valence-electron chi connectivity index (χ4n) is 4.00. The average Bonchev–Trinajstić information content (AvgIpc) is 2.80. The SMILES string of the molecule is COc1cc(C)c(S(=O)(=O)N2CCC3(CC2)C(=O)N(C)C(=O)N3C)cc1C. The summed E-state index contributed by atoms with van der Waals surface area (Å²) in [6, 6.07) is 2.99. The number of sulfonamides is 1. The zero-order valence-electron chi connectivity index (χ0n) is 16.3. The summed E-state index contributed by atoms with van der Waals surface area (Å²) in [6.45, 7) is 3.91. The molecule has 0 radical (unpaired) electrons. The molecular weight excluding hydrogens is 370 g/mol. The van der Waals surface area contributed by atoms with Crippen molar-refractivity contribution in [1.82, 2.24) is 14.1 Å². The van der Waals surface area contributed by atoms with E-state index >= 15 is 0 Å². The lowest BCUT2D eigenvalue weighted by Crippen LogP contribution is -2.56. The third-order valence-electron chi connectivity index (χ3n) is 5.78. The topological polar surface area (TPSA) is 87.2 Å². The van der Waals surface area contributed by atoms with Gasteiger partial charge in [0.2, 0.25) is 10.0 Å². The Morgan fingerprint density at radius 2 is 1.63 bits per heavy atom. The van der Waals surface area contributed by atoms with Gasteiger partial charge >= 0.3 is 6.03 Å². The Kier molecular flexibility index (Phi) is 4.72. The van der Waals surface area contributed by atoms with Crippen molar-refractivity contribution in [2.24, 2.45) is 0 Å². The minimum Gasteiger partial charge on any atom is -0.496 e. The molecule has 2 saturated heterocycles. The Morgan fingerprint density at radius 3 is 2.11 bits per heavy atom. The minimum absolute atomic E-state index is 0.185. The molecule has 0 N–H and O–H groups in total. The van der Waals surface area contributed by atoms with Gasteiger partial charge in [-0.1, -0.05) is 0 Å². The molecule has 9 heteroatoms. The number of rotatable bonds is 3. The van der Waals surface area contributed by atoms with E-state index in [0.717, 1.165) is 10.5 Å². The van der Waals surface area contributed by atoms with Gasteiger partial charge in [0.05, 0.1) is 12.0 Å². The predicted molar refractivity (Wildman–Crippen MR) is 99.1 cm³/mol. The van der Waals surface area contributed by atoms with Gasteiger partial charge in [-0.25, -0.2) is 13.2 Å². The molecule has 1 aromatic carbocycles. The van der Waals surface area contributed by atoms with Crippen molar-refractivity contribution in [3.8, 4) is 5.75 Å². The van der Waals surface area contributed by atoms with E-state index in [2.05, 4.69) is 0 Å². The second-order valence-corrected chi connectivity index (χ2v) is 9.14. The van der Waals surface area contributed by atoms with Crippen molar-refractivity contribution in [3.05, 3.63) is 23.3 Å². The summed E-state index contributed by atoms with van der Waals surface area (Å²) in [5, 5.41) is 0. The minimum atomic E-state index is -3.70. The maximum absolute atomic E-state index is 13.2. The highest BCUT2D eigenvalue weighted by Gasteiger charge is 2.56. The van der Waals surface area contributed by atoms with Crippen molar-refractivity contribution in [3.63, 3.8) is 0 Å². The van der Waals surface area contributed by atoms with Crippen LogP contribution in [0.5, 0.6) is 5.75 Å². The van der Waals surface area contributed by atoms with Crippen LogP contribution in [0.4, 0.5) is 4.79 Å². The Hall–Kier alpha value is -2.13. The predicted octanol–water partition coefficient (Wildman–Crippen LogP) is 1.36. The number of likely N-dealkylation sites (N-methyl/N-ethyl adjacent to an activating group) is 2. The molecule has 148 valence electrons. The molecule has 0 aliphatic carbocycles. The number of benzene rings is 1. The monoisotopic (exact) mass is 395 g/mol. The lowest BCUT2D eigenvalue weighted by Gasteiger charge is -2.40. The van der Waals surface area contributed by atoms with Crippen molar-refractivity contribution in [2.45, 2.75) is 37.1 Å². The van der Waals surface area contributed by atoms with E-state index in [1.165, 1.54) is 16.3 Å². The largest absolute Gasteiger partial charge is 0.496 e. The molecule has 2 aliphatic rings. The second-order valence-electron chi connectivity index (χ2n) is 7.23. The van der Waals surface area contributed by atoms with Crippen molar-refractivity contribution < 1.29 is 22.7 Å². The first kappa shape index (κ1) is 19.6. The van der Waals surface area contributed by atoms with E-state index < -0.39 is 15.6 Å². The number of carbonyl (C=O) groups excluding carboxylic acids is 2. The van der Waals surface area contributed by atoms with Crippen LogP contribution in [0, 0.1) is 13.8 Å². The zero-order valence-corrected chi connectivity index (χ0v) is 17.1. The summed E-state index contributed by atoms with van der Waals surface area (Å²) in [6.07, 6.45) is 0.567. The van der Waals surface area contributed by atoms with Crippen molar-refractivity contribution in [2.75, 3.05) is 34.3 Å². The van der Waals surface area contributed by atoms with Crippen LogP contribution in [0.25, 0.3) is 0 Å². The van der Waals surface area contributed by atoms with Crippen LogP contribution in [0.3, 0.4) is 0 Å². The molecule has 0 unspecified atom stereocenters. The highest BCUT2D eigenvalue weighted by atomic mass is 32.2. The Bertz CT molecular complexity index is 904. The lowest BCUT2D eigenvalue weighted by atomic mass is 9.87. The van der Waals surface area contributed by atoms with E-state index in [4.69, 9.17) is 4.74 Å². The number of amides is 3. The third-order valence-corrected chi connectivity index (χ3v) is 7.82. The lowest BCUT2D eigenvalue weighted by molar-refractivity contribution is -0.133. The molecule has 27 heavy (non-hydrogen) atoms. The first-order valence-electron chi connectivity index (χ1n) is 8.77. The van der Waals surface area contributed by atoms with Crippen LogP contribution in [0.15, 0.2) is 17.0 Å². The first-order valence-corrected chi connectivity index (χ1v) is 10.2. The highest BCUT2D eigenvalue weighted by Crippen LogP contribution is 2.37. The number of nitrogens with zero attached hydrogens (tertiary/aromatic N) is 3. The molecule has 0 saturated carbocycles. The maximum atomic E-state index is 13.2. The molecular formula is C18H25N3O5S. The van der Waals surface area contributed by atoms with Gasteiger partial charge in [0.15, 0.2) is 0 Å². The number of hydrogen-bond donors (Lipinski definition) is 0. The summed E-state index contributed by atoms with van der Waals surface area (Å²) in [5.74, 6) is 0.382. The van der Waals surface area contributed by atoms with E-state index in [1.807, 2.05) is 0 Å². The number of piperidine rings is 1. The number of methoxy groups -OCH3 is 1. The normalized spacial score (nSPS) is 20.6. The molecule has 1 spiro atoms. The molecule has 8 nitrogen and oxygen atoms in total.